The minimum atomic E-state index is -0.446. The molecule has 0 saturated heterocycles. The van der Waals surface area contributed by atoms with Crippen LogP contribution in [0.5, 0.6) is 0 Å². The number of hydrogen-bond acceptors (Lipinski definition) is 3. The molecule has 1 atom stereocenters. The number of fused-ring (bicyclic) bond motifs is 1. The van der Waals surface area contributed by atoms with E-state index in [0.29, 0.717) is 5.69 Å². The molecule has 3 rings (SSSR count). The normalized spacial score (nSPS) is 12.5. The average Bonchev–Trinajstić information content (AvgIpc) is 3.00. The molecule has 1 heterocycles. The molecule has 3 aromatic rings. The van der Waals surface area contributed by atoms with Gasteiger partial charge in [0.05, 0.1) is 23.3 Å². The molecule has 1 N–H and O–H groups in total. The van der Waals surface area contributed by atoms with E-state index >= 15 is 0 Å². The summed E-state index contributed by atoms with van der Waals surface area (Å²) in [5, 5.41) is 3.89. The van der Waals surface area contributed by atoms with E-state index in [9.17, 15) is 9.18 Å². The molecule has 0 spiro atoms. The molecule has 1 aromatic heterocycles. The summed E-state index contributed by atoms with van der Waals surface area (Å²) in [5.74, 6) is 0.105. The van der Waals surface area contributed by atoms with Crippen molar-refractivity contribution in [3.63, 3.8) is 0 Å². The van der Waals surface area contributed by atoms with Crippen molar-refractivity contribution in [3.05, 3.63) is 65.1 Å². The summed E-state index contributed by atoms with van der Waals surface area (Å²) in [4.78, 5) is 14.1. The first-order valence-corrected chi connectivity index (χ1v) is 8.25. The summed E-state index contributed by atoms with van der Waals surface area (Å²) >= 11 is 5.93. The number of likely N-dealkylation sites (N-methyl/N-ethyl adjacent to an activating group) is 1. The Morgan fingerprint density at radius 1 is 1.28 bits per heavy atom. The first-order chi connectivity index (χ1) is 11.9. The Morgan fingerprint density at radius 3 is 2.76 bits per heavy atom. The predicted molar refractivity (Wildman–Crippen MR) is 97.3 cm³/mol. The Hall–Kier alpha value is -2.37. The summed E-state index contributed by atoms with van der Waals surface area (Å²) in [7, 11) is 1.84. The van der Waals surface area contributed by atoms with Crippen molar-refractivity contribution >= 4 is 34.2 Å². The Balaban J connectivity index is 1.66. The number of rotatable bonds is 5. The van der Waals surface area contributed by atoms with Crippen LogP contribution in [0.3, 0.4) is 0 Å². The lowest BCUT2D eigenvalue weighted by Gasteiger charge is -2.22. The highest BCUT2D eigenvalue weighted by atomic mass is 35.5. The van der Waals surface area contributed by atoms with Crippen LogP contribution < -0.4 is 5.32 Å². The maximum Gasteiger partial charge on any atom is 0.238 e. The quantitative estimate of drug-likeness (QED) is 0.707. The van der Waals surface area contributed by atoms with E-state index in [1.165, 1.54) is 12.1 Å². The zero-order valence-electron chi connectivity index (χ0n) is 13.9. The Morgan fingerprint density at radius 2 is 2.04 bits per heavy atom. The van der Waals surface area contributed by atoms with Crippen molar-refractivity contribution in [1.29, 1.82) is 0 Å². The number of carbonyl (C=O) groups excluding carboxylic acids is 1. The Labute approximate surface area is 150 Å². The van der Waals surface area contributed by atoms with Crippen LogP contribution in [-0.4, -0.2) is 24.4 Å². The maximum absolute atomic E-state index is 13.1. The number of anilines is 1. The summed E-state index contributed by atoms with van der Waals surface area (Å²) in [6.45, 7) is 2.11. The number of carbonyl (C=O) groups is 1. The van der Waals surface area contributed by atoms with Gasteiger partial charge in [0.1, 0.15) is 17.2 Å². The SMILES string of the molecule is CC(c1cc2ccccc2o1)N(C)CC(=O)Nc1ccc(F)cc1Cl. The predicted octanol–water partition coefficient (Wildman–Crippen LogP) is 4.86. The van der Waals surface area contributed by atoms with Crippen LogP contribution in [0.4, 0.5) is 10.1 Å². The van der Waals surface area contributed by atoms with Crippen LogP contribution in [0.1, 0.15) is 18.7 Å². The Bertz CT molecular complexity index is 876. The fourth-order valence-electron chi connectivity index (χ4n) is 2.57. The van der Waals surface area contributed by atoms with E-state index < -0.39 is 5.82 Å². The molecule has 1 amide bonds. The van der Waals surface area contributed by atoms with Crippen LogP contribution in [0, 0.1) is 5.82 Å². The van der Waals surface area contributed by atoms with E-state index in [2.05, 4.69) is 5.32 Å². The van der Waals surface area contributed by atoms with Crippen LogP contribution in [0.25, 0.3) is 11.0 Å². The van der Waals surface area contributed by atoms with Crippen LogP contribution in [0.2, 0.25) is 5.02 Å². The zero-order chi connectivity index (χ0) is 18.0. The molecule has 0 aliphatic rings. The van der Waals surface area contributed by atoms with Gasteiger partial charge in [-0.25, -0.2) is 4.39 Å². The number of amides is 1. The number of halogens is 2. The first kappa shape index (κ1) is 17.5. The molecule has 25 heavy (non-hydrogen) atoms. The van der Waals surface area contributed by atoms with E-state index in [1.54, 1.807) is 0 Å². The maximum atomic E-state index is 13.1. The van der Waals surface area contributed by atoms with Gasteiger partial charge in [-0.15, -0.1) is 0 Å². The van der Waals surface area contributed by atoms with Crippen molar-refractivity contribution in [2.24, 2.45) is 0 Å². The molecule has 2 aromatic carbocycles. The van der Waals surface area contributed by atoms with Gasteiger partial charge in [-0.3, -0.25) is 9.69 Å². The van der Waals surface area contributed by atoms with Gasteiger partial charge in [0.2, 0.25) is 5.91 Å². The molecule has 0 aliphatic carbocycles. The fraction of sp³-hybridized carbons (Fsp3) is 0.211. The second kappa shape index (κ2) is 7.25. The fourth-order valence-corrected chi connectivity index (χ4v) is 2.78. The smallest absolute Gasteiger partial charge is 0.238 e. The highest BCUT2D eigenvalue weighted by molar-refractivity contribution is 6.33. The second-order valence-electron chi connectivity index (χ2n) is 5.95. The minimum Gasteiger partial charge on any atom is -0.459 e. The molecule has 1 unspecified atom stereocenters. The minimum absolute atomic E-state index is 0.0816. The number of furan rings is 1. The zero-order valence-corrected chi connectivity index (χ0v) is 14.7. The highest BCUT2D eigenvalue weighted by Crippen LogP contribution is 2.27. The van der Waals surface area contributed by atoms with Gasteiger partial charge >= 0.3 is 0 Å². The first-order valence-electron chi connectivity index (χ1n) is 7.87. The monoisotopic (exact) mass is 360 g/mol. The number of hydrogen-bond donors (Lipinski definition) is 1. The van der Waals surface area contributed by atoms with Crippen LogP contribution >= 0.6 is 11.6 Å². The summed E-state index contributed by atoms with van der Waals surface area (Å²) in [6.07, 6.45) is 0. The van der Waals surface area contributed by atoms with E-state index in [4.69, 9.17) is 16.0 Å². The molecular formula is C19H18ClFN2O2. The van der Waals surface area contributed by atoms with Crippen molar-refractivity contribution in [2.45, 2.75) is 13.0 Å². The lowest BCUT2D eigenvalue weighted by Crippen LogP contribution is -2.32. The van der Waals surface area contributed by atoms with Gasteiger partial charge in [0, 0.05) is 5.39 Å². The standard InChI is InChI=1S/C19H18ClFN2O2/c1-12(18-9-13-5-3-4-6-17(13)25-18)23(2)11-19(24)22-16-8-7-14(21)10-15(16)20/h3-10,12H,11H2,1-2H3,(H,22,24). The van der Waals surface area contributed by atoms with Crippen molar-refractivity contribution < 1.29 is 13.6 Å². The van der Waals surface area contributed by atoms with Crippen molar-refractivity contribution in [3.8, 4) is 0 Å². The third kappa shape index (κ3) is 4.00. The molecule has 0 aliphatic heterocycles. The highest BCUT2D eigenvalue weighted by Gasteiger charge is 2.19. The van der Waals surface area contributed by atoms with Gasteiger partial charge in [-0.1, -0.05) is 29.8 Å². The molecule has 4 nitrogen and oxygen atoms in total. The van der Waals surface area contributed by atoms with Gasteiger partial charge in [0.25, 0.3) is 0 Å². The van der Waals surface area contributed by atoms with E-state index in [-0.39, 0.29) is 23.5 Å². The summed E-state index contributed by atoms with van der Waals surface area (Å²) in [6, 6.07) is 13.5. The molecule has 6 heteroatoms. The van der Waals surface area contributed by atoms with Gasteiger partial charge in [-0.05, 0) is 44.3 Å². The van der Waals surface area contributed by atoms with Gasteiger partial charge < -0.3 is 9.73 Å². The topological polar surface area (TPSA) is 45.5 Å². The van der Waals surface area contributed by atoms with Gasteiger partial charge in [-0.2, -0.15) is 0 Å². The number of para-hydroxylation sites is 1. The molecule has 0 saturated carbocycles. The molecule has 130 valence electrons. The summed E-state index contributed by atoms with van der Waals surface area (Å²) in [5.41, 5.74) is 1.21. The van der Waals surface area contributed by atoms with E-state index in [1.807, 2.05) is 49.2 Å². The third-order valence-electron chi connectivity index (χ3n) is 4.12. The molecule has 0 fully saturated rings. The van der Waals surface area contributed by atoms with E-state index in [0.717, 1.165) is 22.8 Å². The second-order valence-corrected chi connectivity index (χ2v) is 6.36. The lowest BCUT2D eigenvalue weighted by molar-refractivity contribution is -0.117. The largest absolute Gasteiger partial charge is 0.459 e. The number of nitrogens with one attached hydrogen (secondary N) is 1. The van der Waals surface area contributed by atoms with Crippen LogP contribution in [0.15, 0.2) is 52.9 Å². The van der Waals surface area contributed by atoms with Crippen molar-refractivity contribution in [1.82, 2.24) is 4.90 Å². The lowest BCUT2D eigenvalue weighted by atomic mass is 10.2. The van der Waals surface area contributed by atoms with Crippen LogP contribution in [-0.2, 0) is 4.79 Å². The average molecular weight is 361 g/mol. The third-order valence-corrected chi connectivity index (χ3v) is 4.43. The number of nitrogens with zero attached hydrogens (tertiary/aromatic N) is 1. The summed E-state index contributed by atoms with van der Waals surface area (Å²) < 4.78 is 18.9. The molecule has 0 radical (unpaired) electrons. The van der Waals surface area contributed by atoms with Gasteiger partial charge in [0.15, 0.2) is 0 Å². The molecule has 0 bridgehead atoms. The number of benzene rings is 2. The Kier molecular flexibility index (Phi) is 5.06. The van der Waals surface area contributed by atoms with Crippen molar-refractivity contribution in [2.75, 3.05) is 18.9 Å². The molecular weight excluding hydrogens is 343 g/mol.